The number of amides is 2. The summed E-state index contributed by atoms with van der Waals surface area (Å²) in [5.74, 6) is -1.89. The summed E-state index contributed by atoms with van der Waals surface area (Å²) in [6.45, 7) is -0.334. The highest BCUT2D eigenvalue weighted by molar-refractivity contribution is 6.17. The average Bonchev–Trinajstić information content (AvgIpc) is 2.69. The average molecular weight is 290 g/mol. The number of nitrogens with one attached hydrogen (secondary N) is 1. The fourth-order valence-electron chi connectivity index (χ4n) is 1.95. The molecule has 1 aliphatic rings. The summed E-state index contributed by atoms with van der Waals surface area (Å²) in [5, 5.41) is 20.3. The van der Waals surface area contributed by atoms with Crippen molar-refractivity contribution in [2.75, 3.05) is 18.5 Å². The number of carbonyl (C=O) groups excluding carboxylic acids is 2. The van der Waals surface area contributed by atoms with Gasteiger partial charge in [-0.1, -0.05) is 12.1 Å². The lowest BCUT2D eigenvalue weighted by atomic mass is 10.1. The van der Waals surface area contributed by atoms with E-state index in [1.807, 2.05) is 0 Å². The number of imide groups is 1. The molecule has 0 spiro atoms. The van der Waals surface area contributed by atoms with Crippen molar-refractivity contribution >= 4 is 23.5 Å². The monoisotopic (exact) mass is 290 g/mol. The number of rotatable bonds is 6. The van der Waals surface area contributed by atoms with Crippen molar-refractivity contribution in [2.24, 2.45) is 0 Å². The minimum Gasteiger partial charge on any atom is -0.481 e. The predicted molar refractivity (Wildman–Crippen MR) is 73.3 cm³/mol. The van der Waals surface area contributed by atoms with Crippen molar-refractivity contribution in [3.63, 3.8) is 0 Å². The summed E-state index contributed by atoms with van der Waals surface area (Å²) in [6.07, 6.45) is 1.09. The molecule has 7 nitrogen and oxygen atoms in total. The van der Waals surface area contributed by atoms with Crippen LogP contribution in [-0.4, -0.2) is 46.0 Å². The first-order chi connectivity index (χ1) is 10.0. The number of carboxylic acid groups (broad SMARTS) is 1. The van der Waals surface area contributed by atoms with E-state index in [1.54, 1.807) is 24.3 Å². The fourth-order valence-corrected chi connectivity index (χ4v) is 1.95. The van der Waals surface area contributed by atoms with Crippen LogP contribution in [0.15, 0.2) is 36.0 Å². The molecule has 1 heterocycles. The number of β-amino-alcohol motifs (C(OH)–C–C–N with tert-alkyl or cyclic N) is 1. The second-order valence-electron chi connectivity index (χ2n) is 4.47. The standard InChI is InChI=1S/C14H14N2O5/c17-6-5-16-12(18)8-11(14(16)21)15-10-3-1-9(2-4-10)7-13(19)20/h1-4,8,15,17H,5-7H2,(H,19,20). The van der Waals surface area contributed by atoms with Crippen LogP contribution < -0.4 is 5.32 Å². The van der Waals surface area contributed by atoms with E-state index >= 15 is 0 Å². The molecule has 0 fully saturated rings. The molecule has 3 N–H and O–H groups in total. The maximum absolute atomic E-state index is 11.9. The quantitative estimate of drug-likeness (QED) is 0.635. The van der Waals surface area contributed by atoms with Crippen LogP contribution >= 0.6 is 0 Å². The molecular formula is C14H14N2O5. The third-order valence-corrected chi connectivity index (χ3v) is 2.92. The number of carboxylic acids is 1. The molecule has 1 aromatic rings. The van der Waals surface area contributed by atoms with E-state index in [2.05, 4.69) is 5.32 Å². The Labute approximate surface area is 120 Å². The van der Waals surface area contributed by atoms with E-state index in [9.17, 15) is 14.4 Å². The summed E-state index contributed by atoms with van der Waals surface area (Å²) >= 11 is 0. The Morgan fingerprint density at radius 1 is 1.19 bits per heavy atom. The minimum atomic E-state index is -0.922. The number of nitrogens with zero attached hydrogens (tertiary/aromatic N) is 1. The molecular weight excluding hydrogens is 276 g/mol. The van der Waals surface area contributed by atoms with Crippen LogP contribution in [0.25, 0.3) is 0 Å². The van der Waals surface area contributed by atoms with E-state index in [0.717, 1.165) is 4.90 Å². The lowest BCUT2D eigenvalue weighted by Gasteiger charge is -2.13. The Kier molecular flexibility index (Phi) is 4.34. The highest BCUT2D eigenvalue weighted by Crippen LogP contribution is 2.17. The zero-order valence-corrected chi connectivity index (χ0v) is 11.1. The summed E-state index contributed by atoms with van der Waals surface area (Å²) in [5.41, 5.74) is 1.33. The van der Waals surface area contributed by atoms with Gasteiger partial charge in [-0.05, 0) is 17.7 Å². The lowest BCUT2D eigenvalue weighted by Crippen LogP contribution is -2.34. The zero-order valence-electron chi connectivity index (χ0n) is 11.1. The van der Waals surface area contributed by atoms with Crippen LogP contribution in [0.4, 0.5) is 5.69 Å². The number of anilines is 1. The summed E-state index contributed by atoms with van der Waals surface area (Å²) < 4.78 is 0. The lowest BCUT2D eigenvalue weighted by molar-refractivity contribution is -0.138. The van der Waals surface area contributed by atoms with Gasteiger partial charge >= 0.3 is 5.97 Å². The Balaban J connectivity index is 2.05. The molecule has 0 atom stereocenters. The third kappa shape index (κ3) is 3.46. The topological polar surface area (TPSA) is 107 Å². The summed E-state index contributed by atoms with van der Waals surface area (Å²) in [4.78, 5) is 35.0. The van der Waals surface area contributed by atoms with Gasteiger partial charge in [-0.2, -0.15) is 0 Å². The van der Waals surface area contributed by atoms with Gasteiger partial charge in [-0.25, -0.2) is 0 Å². The van der Waals surface area contributed by atoms with E-state index < -0.39 is 17.8 Å². The van der Waals surface area contributed by atoms with Gasteiger partial charge in [0.2, 0.25) is 0 Å². The molecule has 0 saturated heterocycles. The van der Waals surface area contributed by atoms with Gasteiger partial charge < -0.3 is 15.5 Å². The van der Waals surface area contributed by atoms with Crippen molar-refractivity contribution in [2.45, 2.75) is 6.42 Å². The number of aliphatic hydroxyl groups excluding tert-OH is 1. The number of benzene rings is 1. The van der Waals surface area contributed by atoms with Crippen molar-refractivity contribution < 1.29 is 24.6 Å². The maximum Gasteiger partial charge on any atom is 0.307 e. The fraction of sp³-hybridized carbons (Fsp3) is 0.214. The molecule has 0 aromatic heterocycles. The van der Waals surface area contributed by atoms with Crippen molar-refractivity contribution in [1.29, 1.82) is 0 Å². The SMILES string of the molecule is O=C(O)Cc1ccc(NC2=CC(=O)N(CCO)C2=O)cc1. The van der Waals surface area contributed by atoms with Crippen molar-refractivity contribution in [3.05, 3.63) is 41.6 Å². The molecule has 0 bridgehead atoms. The largest absolute Gasteiger partial charge is 0.481 e. The van der Waals surface area contributed by atoms with Crippen molar-refractivity contribution in [1.82, 2.24) is 4.90 Å². The van der Waals surface area contributed by atoms with Crippen LogP contribution in [-0.2, 0) is 20.8 Å². The van der Waals surface area contributed by atoms with Crippen LogP contribution in [0.1, 0.15) is 5.56 Å². The predicted octanol–water partition coefficient (Wildman–Crippen LogP) is -0.0294. The Bertz CT molecular complexity index is 606. The molecule has 2 amide bonds. The van der Waals surface area contributed by atoms with E-state index in [-0.39, 0.29) is 25.3 Å². The number of hydrogen-bond acceptors (Lipinski definition) is 5. The van der Waals surface area contributed by atoms with Crippen LogP contribution in [0, 0.1) is 0 Å². The Hall–Kier alpha value is -2.67. The van der Waals surface area contributed by atoms with E-state index in [4.69, 9.17) is 10.2 Å². The molecule has 0 aliphatic carbocycles. The van der Waals surface area contributed by atoms with Crippen LogP contribution in [0.3, 0.4) is 0 Å². The van der Waals surface area contributed by atoms with Crippen LogP contribution in [0.5, 0.6) is 0 Å². The number of aliphatic hydroxyl groups is 1. The summed E-state index contributed by atoms with van der Waals surface area (Å²) in [6, 6.07) is 6.52. The minimum absolute atomic E-state index is 0.0447. The van der Waals surface area contributed by atoms with E-state index in [1.165, 1.54) is 6.08 Å². The smallest absolute Gasteiger partial charge is 0.307 e. The number of hydrogen-bond donors (Lipinski definition) is 3. The Morgan fingerprint density at radius 2 is 1.86 bits per heavy atom. The molecule has 7 heteroatoms. The molecule has 1 aromatic carbocycles. The van der Waals surface area contributed by atoms with Crippen molar-refractivity contribution in [3.8, 4) is 0 Å². The van der Waals surface area contributed by atoms with Crippen LogP contribution in [0.2, 0.25) is 0 Å². The van der Waals surface area contributed by atoms with Gasteiger partial charge in [0.15, 0.2) is 0 Å². The molecule has 0 radical (unpaired) electrons. The molecule has 0 saturated carbocycles. The maximum atomic E-state index is 11.9. The second-order valence-corrected chi connectivity index (χ2v) is 4.47. The third-order valence-electron chi connectivity index (χ3n) is 2.92. The molecule has 21 heavy (non-hydrogen) atoms. The van der Waals surface area contributed by atoms with Gasteiger partial charge in [0.05, 0.1) is 19.6 Å². The zero-order chi connectivity index (χ0) is 15.4. The number of aliphatic carboxylic acids is 1. The second kappa shape index (κ2) is 6.19. The first kappa shape index (κ1) is 14.7. The molecule has 0 unspecified atom stereocenters. The molecule has 110 valence electrons. The normalized spacial score (nSPS) is 14.3. The number of carbonyl (C=O) groups is 3. The first-order valence-electron chi connectivity index (χ1n) is 6.27. The first-order valence-corrected chi connectivity index (χ1v) is 6.27. The van der Waals surface area contributed by atoms with Gasteiger partial charge in [-0.15, -0.1) is 0 Å². The van der Waals surface area contributed by atoms with Gasteiger partial charge in [0.1, 0.15) is 5.70 Å². The van der Waals surface area contributed by atoms with Gasteiger partial charge in [0, 0.05) is 11.8 Å². The van der Waals surface area contributed by atoms with Gasteiger partial charge in [-0.3, -0.25) is 19.3 Å². The highest BCUT2D eigenvalue weighted by atomic mass is 16.4. The summed E-state index contributed by atoms with van der Waals surface area (Å²) in [7, 11) is 0. The molecule has 2 rings (SSSR count). The highest BCUT2D eigenvalue weighted by Gasteiger charge is 2.30. The van der Waals surface area contributed by atoms with Gasteiger partial charge in [0.25, 0.3) is 11.8 Å². The van der Waals surface area contributed by atoms with E-state index in [0.29, 0.717) is 11.3 Å². The Morgan fingerprint density at radius 3 is 2.43 bits per heavy atom. The molecule has 1 aliphatic heterocycles.